The van der Waals surface area contributed by atoms with E-state index in [2.05, 4.69) is 25.5 Å². The van der Waals surface area contributed by atoms with Crippen molar-refractivity contribution in [1.82, 2.24) is 34.3 Å². The van der Waals surface area contributed by atoms with Crippen LogP contribution in [-0.4, -0.2) is 78.8 Å². The van der Waals surface area contributed by atoms with Crippen LogP contribution in [0.25, 0.3) is 22.1 Å². The highest BCUT2D eigenvalue weighted by atomic mass is 32.2. The number of fused-ring (bicyclic) bond motifs is 3. The standard InChI is InChI=1S/C26H30N8O4S2/c1-3-33-19(25(36)34(15-4-5-15)16-6-7-16)10-17-21-20(27-13-32(21)2)22(30-23(17)33)31-26-29-18(11-39-26)24(35)28-14-8-9-40(37,38)12-14/h10-11,13-16H,3-9,12H2,1-2H3,(H,28,35)(H,29,30,31). The molecule has 1 atom stereocenters. The lowest BCUT2D eigenvalue weighted by Gasteiger charge is -2.22. The van der Waals surface area contributed by atoms with E-state index in [4.69, 9.17) is 4.98 Å². The number of carbonyl (C=O) groups is 2. The largest absolute Gasteiger partial charge is 0.347 e. The molecule has 2 aliphatic carbocycles. The fourth-order valence-corrected chi connectivity index (χ4v) is 8.03. The van der Waals surface area contributed by atoms with Gasteiger partial charge in [-0.15, -0.1) is 11.3 Å². The SMILES string of the molecule is CCn1c(C(=O)N(C2CC2)C2CC2)cc2c3c(ncn3C)c(Nc3nc(C(=O)NC4CCS(=O)(=O)C4)cs3)nc21. The zero-order valence-corrected chi connectivity index (χ0v) is 23.9. The topological polar surface area (TPSA) is 144 Å². The number of rotatable bonds is 8. The average molecular weight is 583 g/mol. The van der Waals surface area contributed by atoms with Gasteiger partial charge in [-0.25, -0.2) is 23.4 Å². The molecular formula is C26H30N8O4S2. The minimum absolute atomic E-state index is 0.0454. The molecule has 0 spiro atoms. The maximum Gasteiger partial charge on any atom is 0.271 e. The third-order valence-corrected chi connectivity index (χ3v) is 10.4. The third kappa shape index (κ3) is 4.42. The van der Waals surface area contributed by atoms with Crippen LogP contribution >= 0.6 is 11.3 Å². The van der Waals surface area contributed by atoms with E-state index in [0.29, 0.717) is 52.9 Å². The van der Waals surface area contributed by atoms with Gasteiger partial charge in [-0.1, -0.05) is 0 Å². The monoisotopic (exact) mass is 582 g/mol. The number of nitrogens with zero attached hydrogens (tertiary/aromatic N) is 6. The summed E-state index contributed by atoms with van der Waals surface area (Å²) in [5.74, 6) is 0.189. The third-order valence-electron chi connectivity index (χ3n) is 7.88. The van der Waals surface area contributed by atoms with Crippen molar-refractivity contribution < 1.29 is 18.0 Å². The minimum Gasteiger partial charge on any atom is -0.347 e. The number of anilines is 2. The van der Waals surface area contributed by atoms with E-state index < -0.39 is 21.8 Å². The molecule has 4 aromatic rings. The van der Waals surface area contributed by atoms with Gasteiger partial charge in [0.25, 0.3) is 11.8 Å². The molecule has 12 nitrogen and oxygen atoms in total. The van der Waals surface area contributed by atoms with Crippen LogP contribution in [0, 0.1) is 0 Å². The number of imidazole rings is 1. The first-order chi connectivity index (χ1) is 19.2. The number of pyridine rings is 1. The van der Waals surface area contributed by atoms with Crippen LogP contribution in [0.3, 0.4) is 0 Å². The maximum absolute atomic E-state index is 13.8. The van der Waals surface area contributed by atoms with Crippen LogP contribution in [-0.2, 0) is 23.4 Å². The van der Waals surface area contributed by atoms with Crippen LogP contribution in [0.4, 0.5) is 10.9 Å². The van der Waals surface area contributed by atoms with Gasteiger partial charge in [-0.05, 0) is 45.1 Å². The van der Waals surface area contributed by atoms with Crippen LogP contribution in [0.1, 0.15) is 60.0 Å². The Morgan fingerprint density at radius 3 is 2.55 bits per heavy atom. The van der Waals surface area contributed by atoms with Crippen LogP contribution in [0.15, 0.2) is 17.8 Å². The van der Waals surface area contributed by atoms with Gasteiger partial charge >= 0.3 is 0 Å². The van der Waals surface area contributed by atoms with Crippen LogP contribution in [0.5, 0.6) is 0 Å². The van der Waals surface area contributed by atoms with Crippen molar-refractivity contribution in [2.75, 3.05) is 16.8 Å². The van der Waals surface area contributed by atoms with E-state index >= 15 is 0 Å². The molecule has 210 valence electrons. The average Bonchev–Trinajstić information content (AvgIpc) is 3.77. The lowest BCUT2D eigenvalue weighted by atomic mass is 10.2. The molecule has 3 fully saturated rings. The lowest BCUT2D eigenvalue weighted by Crippen LogP contribution is -2.36. The Morgan fingerprint density at radius 2 is 1.90 bits per heavy atom. The van der Waals surface area contributed by atoms with Crippen LogP contribution in [0.2, 0.25) is 0 Å². The molecule has 0 radical (unpaired) electrons. The second-order valence-electron chi connectivity index (χ2n) is 10.9. The van der Waals surface area contributed by atoms with Crippen molar-refractivity contribution in [3.63, 3.8) is 0 Å². The molecule has 0 bridgehead atoms. The number of aryl methyl sites for hydroxylation is 2. The smallest absolute Gasteiger partial charge is 0.271 e. The number of hydrogen-bond acceptors (Lipinski definition) is 9. The second kappa shape index (κ2) is 9.26. The van der Waals surface area contributed by atoms with Crippen molar-refractivity contribution in [1.29, 1.82) is 0 Å². The van der Waals surface area contributed by atoms with Gasteiger partial charge < -0.3 is 24.7 Å². The number of aromatic nitrogens is 5. The Kier molecular flexibility index (Phi) is 5.89. The molecule has 5 heterocycles. The molecule has 14 heteroatoms. The molecule has 4 aromatic heterocycles. The van der Waals surface area contributed by atoms with Gasteiger partial charge in [0.1, 0.15) is 22.6 Å². The number of carbonyl (C=O) groups excluding carboxylic acids is 2. The van der Waals surface area contributed by atoms with Crippen molar-refractivity contribution in [3.05, 3.63) is 29.2 Å². The van der Waals surface area contributed by atoms with Gasteiger partial charge in [-0.3, -0.25) is 9.59 Å². The summed E-state index contributed by atoms with van der Waals surface area (Å²) in [6, 6.07) is 2.25. The summed E-state index contributed by atoms with van der Waals surface area (Å²) in [5, 5.41) is 8.97. The highest BCUT2D eigenvalue weighted by Crippen LogP contribution is 2.40. The van der Waals surface area contributed by atoms with E-state index in [1.807, 2.05) is 29.2 Å². The van der Waals surface area contributed by atoms with Crippen molar-refractivity contribution in [3.8, 4) is 0 Å². The van der Waals surface area contributed by atoms with Gasteiger partial charge in [0, 0.05) is 42.5 Å². The maximum atomic E-state index is 13.8. The van der Waals surface area contributed by atoms with Gasteiger partial charge in [0.15, 0.2) is 20.8 Å². The number of sulfone groups is 1. The summed E-state index contributed by atoms with van der Waals surface area (Å²) in [6.07, 6.45) is 6.41. The van der Waals surface area contributed by atoms with Crippen molar-refractivity contribution >= 4 is 66.0 Å². The Morgan fingerprint density at radius 1 is 1.15 bits per heavy atom. The first kappa shape index (κ1) is 25.4. The lowest BCUT2D eigenvalue weighted by molar-refractivity contribution is 0.0719. The molecular weight excluding hydrogens is 552 g/mol. The summed E-state index contributed by atoms with van der Waals surface area (Å²) in [7, 11) is -1.18. The zero-order chi connectivity index (χ0) is 27.8. The Hall–Kier alpha value is -3.52. The summed E-state index contributed by atoms with van der Waals surface area (Å²) in [6.45, 7) is 2.60. The molecule has 1 unspecified atom stereocenters. The number of nitrogens with one attached hydrogen (secondary N) is 2. The Balaban J connectivity index is 1.22. The summed E-state index contributed by atoms with van der Waals surface area (Å²) < 4.78 is 27.4. The summed E-state index contributed by atoms with van der Waals surface area (Å²) >= 11 is 1.25. The summed E-state index contributed by atoms with van der Waals surface area (Å²) in [4.78, 5) is 42.5. The Labute approximate surface area is 234 Å². The van der Waals surface area contributed by atoms with E-state index in [-0.39, 0.29) is 23.1 Å². The van der Waals surface area contributed by atoms with Crippen molar-refractivity contribution in [2.24, 2.45) is 7.05 Å². The molecule has 2 amide bonds. The zero-order valence-electron chi connectivity index (χ0n) is 22.3. The van der Waals surface area contributed by atoms with Gasteiger partial charge in [0.2, 0.25) is 0 Å². The first-order valence-electron chi connectivity index (χ1n) is 13.6. The molecule has 40 heavy (non-hydrogen) atoms. The fraction of sp³-hybridized carbons (Fsp3) is 0.500. The molecule has 1 saturated heterocycles. The van der Waals surface area contributed by atoms with E-state index in [1.54, 1.807) is 11.7 Å². The molecule has 3 aliphatic rings. The van der Waals surface area contributed by atoms with E-state index in [1.165, 1.54) is 11.3 Å². The van der Waals surface area contributed by atoms with E-state index in [0.717, 1.165) is 36.6 Å². The van der Waals surface area contributed by atoms with Gasteiger partial charge in [-0.2, -0.15) is 0 Å². The quantitative estimate of drug-likeness (QED) is 0.323. The summed E-state index contributed by atoms with van der Waals surface area (Å²) in [5.41, 5.74) is 3.04. The van der Waals surface area contributed by atoms with E-state index in [9.17, 15) is 18.0 Å². The second-order valence-corrected chi connectivity index (χ2v) is 14.0. The minimum atomic E-state index is -3.10. The number of thiazole rings is 1. The van der Waals surface area contributed by atoms with Crippen molar-refractivity contribution in [2.45, 2.75) is 63.7 Å². The molecule has 0 aromatic carbocycles. The molecule has 7 rings (SSSR count). The number of hydrogen-bond donors (Lipinski definition) is 2. The fourth-order valence-electron chi connectivity index (χ4n) is 5.67. The molecule has 1 aliphatic heterocycles. The number of amides is 2. The highest BCUT2D eigenvalue weighted by molar-refractivity contribution is 7.91. The first-order valence-corrected chi connectivity index (χ1v) is 16.3. The van der Waals surface area contributed by atoms with Gasteiger partial charge in [0.05, 0.1) is 23.3 Å². The predicted molar refractivity (Wildman–Crippen MR) is 152 cm³/mol. The molecule has 2 saturated carbocycles. The predicted octanol–water partition coefficient (Wildman–Crippen LogP) is 2.83. The normalized spacial score (nSPS) is 20.3. The highest BCUT2D eigenvalue weighted by Gasteiger charge is 2.43. The molecule has 2 N–H and O–H groups in total. The Bertz CT molecular complexity index is 1770. The van der Waals surface area contributed by atoms with Crippen LogP contribution < -0.4 is 10.6 Å².